The molecule has 7 heteroatoms. The molecule has 0 bridgehead atoms. The van der Waals surface area contributed by atoms with Crippen LogP contribution in [0, 0.1) is 5.92 Å². The number of ether oxygens (including phenoxy) is 2. The standard InChI is InChI=1S/C20H24N2O5/c1-13(2)19(20(25)26-3)22-17(23)11-21-18(24)12-27-16-9-8-14-6-4-5-7-15(14)10-16/h4-10,13,19H,11-12H2,1-3H3,(H,21,24)(H,22,23)/t19-/m0/s1. The van der Waals surface area contributed by atoms with E-state index >= 15 is 0 Å². The first kappa shape index (κ1) is 20.2. The molecule has 0 heterocycles. The zero-order chi connectivity index (χ0) is 19.8. The van der Waals surface area contributed by atoms with Gasteiger partial charge in [-0.1, -0.05) is 44.2 Å². The number of amides is 2. The lowest BCUT2D eigenvalue weighted by Gasteiger charge is -2.19. The van der Waals surface area contributed by atoms with Gasteiger partial charge in [-0.2, -0.15) is 0 Å². The first-order chi connectivity index (χ1) is 12.9. The average Bonchev–Trinajstić information content (AvgIpc) is 2.67. The van der Waals surface area contributed by atoms with Gasteiger partial charge < -0.3 is 20.1 Å². The molecule has 0 radical (unpaired) electrons. The first-order valence-electron chi connectivity index (χ1n) is 8.66. The van der Waals surface area contributed by atoms with Gasteiger partial charge in [-0.05, 0) is 28.8 Å². The van der Waals surface area contributed by atoms with Gasteiger partial charge in [-0.3, -0.25) is 9.59 Å². The fraction of sp³-hybridized carbons (Fsp3) is 0.350. The van der Waals surface area contributed by atoms with Gasteiger partial charge in [0, 0.05) is 0 Å². The SMILES string of the molecule is COC(=O)[C@@H](NC(=O)CNC(=O)COc1ccc2ccccc2c1)C(C)C. The maximum Gasteiger partial charge on any atom is 0.328 e. The third-order valence-corrected chi connectivity index (χ3v) is 3.98. The number of rotatable bonds is 8. The van der Waals surface area contributed by atoms with Crippen LogP contribution < -0.4 is 15.4 Å². The molecule has 2 N–H and O–H groups in total. The molecule has 0 fully saturated rings. The maximum atomic E-state index is 11.9. The Balaban J connectivity index is 1.79. The monoisotopic (exact) mass is 372 g/mol. The van der Waals surface area contributed by atoms with Gasteiger partial charge in [-0.15, -0.1) is 0 Å². The van der Waals surface area contributed by atoms with Crippen molar-refractivity contribution in [3.05, 3.63) is 42.5 Å². The Bertz CT molecular complexity index is 819. The van der Waals surface area contributed by atoms with E-state index in [1.807, 2.05) is 36.4 Å². The molecule has 2 rings (SSSR count). The molecule has 0 aromatic heterocycles. The molecule has 7 nitrogen and oxygen atoms in total. The second kappa shape index (κ2) is 9.56. The number of esters is 1. The van der Waals surface area contributed by atoms with E-state index in [4.69, 9.17) is 4.74 Å². The van der Waals surface area contributed by atoms with Crippen LogP contribution in [0.15, 0.2) is 42.5 Å². The van der Waals surface area contributed by atoms with Crippen LogP contribution >= 0.6 is 0 Å². The molecule has 2 aromatic carbocycles. The van der Waals surface area contributed by atoms with E-state index in [1.54, 1.807) is 19.9 Å². The lowest BCUT2D eigenvalue weighted by atomic mass is 10.0. The Labute approximate surface area is 158 Å². The van der Waals surface area contributed by atoms with Crippen LogP contribution in [0.4, 0.5) is 0 Å². The number of hydrogen-bond acceptors (Lipinski definition) is 5. The number of hydrogen-bond donors (Lipinski definition) is 2. The predicted octanol–water partition coefficient (Wildman–Crippen LogP) is 1.65. The molecule has 0 saturated heterocycles. The molecular formula is C20H24N2O5. The summed E-state index contributed by atoms with van der Waals surface area (Å²) in [6.45, 7) is 3.12. The largest absolute Gasteiger partial charge is 0.484 e. The summed E-state index contributed by atoms with van der Waals surface area (Å²) >= 11 is 0. The Kier molecular flexibility index (Phi) is 7.16. The minimum absolute atomic E-state index is 0.131. The normalized spacial score (nSPS) is 11.7. The summed E-state index contributed by atoms with van der Waals surface area (Å²) in [4.78, 5) is 35.5. The highest BCUT2D eigenvalue weighted by atomic mass is 16.5. The number of benzene rings is 2. The summed E-state index contributed by atoms with van der Waals surface area (Å²) in [5, 5.41) is 7.10. The van der Waals surface area contributed by atoms with Crippen LogP contribution in [-0.4, -0.2) is 44.1 Å². The number of carbonyl (C=O) groups excluding carboxylic acids is 3. The third-order valence-electron chi connectivity index (χ3n) is 3.98. The summed E-state index contributed by atoms with van der Waals surface area (Å²) in [5.74, 6) is -0.993. The molecule has 0 aliphatic heterocycles. The molecular weight excluding hydrogens is 348 g/mol. The summed E-state index contributed by atoms with van der Waals surface area (Å²) in [5.41, 5.74) is 0. The van der Waals surface area contributed by atoms with Gasteiger partial charge in [0.15, 0.2) is 6.61 Å². The topological polar surface area (TPSA) is 93.7 Å². The minimum Gasteiger partial charge on any atom is -0.484 e. The van der Waals surface area contributed by atoms with Crippen molar-refractivity contribution in [3.8, 4) is 5.75 Å². The van der Waals surface area contributed by atoms with Crippen LogP contribution in [0.2, 0.25) is 0 Å². The van der Waals surface area contributed by atoms with Gasteiger partial charge in [-0.25, -0.2) is 4.79 Å². The summed E-state index contributed by atoms with van der Waals surface area (Å²) in [6, 6.07) is 12.6. The molecule has 2 amide bonds. The second-order valence-electron chi connectivity index (χ2n) is 6.39. The number of methoxy groups -OCH3 is 1. The van der Waals surface area contributed by atoms with E-state index in [-0.39, 0.29) is 19.1 Å². The summed E-state index contributed by atoms with van der Waals surface area (Å²) in [7, 11) is 1.26. The lowest BCUT2D eigenvalue weighted by Crippen LogP contribution is -2.48. The quantitative estimate of drug-likeness (QED) is 0.687. The Morgan fingerprint density at radius 1 is 1.00 bits per heavy atom. The van der Waals surface area contributed by atoms with Crippen molar-refractivity contribution in [2.75, 3.05) is 20.3 Å². The summed E-state index contributed by atoms with van der Waals surface area (Å²) < 4.78 is 10.1. The molecule has 0 aliphatic carbocycles. The van der Waals surface area contributed by atoms with Gasteiger partial charge >= 0.3 is 5.97 Å². The molecule has 0 aliphatic rings. The first-order valence-corrected chi connectivity index (χ1v) is 8.66. The van der Waals surface area contributed by atoms with Gasteiger partial charge in [0.25, 0.3) is 5.91 Å². The van der Waals surface area contributed by atoms with E-state index in [0.717, 1.165) is 10.8 Å². The van der Waals surface area contributed by atoms with E-state index in [0.29, 0.717) is 5.75 Å². The Hall–Kier alpha value is -3.09. The van der Waals surface area contributed by atoms with Gasteiger partial charge in [0.1, 0.15) is 11.8 Å². The fourth-order valence-corrected chi connectivity index (χ4v) is 2.49. The van der Waals surface area contributed by atoms with Crippen molar-refractivity contribution < 1.29 is 23.9 Å². The van der Waals surface area contributed by atoms with Gasteiger partial charge in [0.05, 0.1) is 13.7 Å². The second-order valence-corrected chi connectivity index (χ2v) is 6.39. The van der Waals surface area contributed by atoms with Crippen molar-refractivity contribution in [1.82, 2.24) is 10.6 Å². The van der Waals surface area contributed by atoms with E-state index in [9.17, 15) is 14.4 Å². The Morgan fingerprint density at radius 3 is 2.37 bits per heavy atom. The highest BCUT2D eigenvalue weighted by molar-refractivity contribution is 5.89. The van der Waals surface area contributed by atoms with E-state index in [1.165, 1.54) is 7.11 Å². The van der Waals surface area contributed by atoms with Crippen molar-refractivity contribution in [2.24, 2.45) is 5.92 Å². The van der Waals surface area contributed by atoms with E-state index < -0.39 is 23.8 Å². The molecule has 1 atom stereocenters. The van der Waals surface area contributed by atoms with Crippen LogP contribution in [-0.2, 0) is 19.1 Å². The highest BCUT2D eigenvalue weighted by Gasteiger charge is 2.24. The summed E-state index contributed by atoms with van der Waals surface area (Å²) in [6.07, 6.45) is 0. The zero-order valence-corrected chi connectivity index (χ0v) is 15.7. The Morgan fingerprint density at radius 2 is 1.70 bits per heavy atom. The maximum absolute atomic E-state index is 11.9. The third kappa shape index (κ3) is 5.99. The lowest BCUT2D eigenvalue weighted by molar-refractivity contribution is -0.146. The molecule has 27 heavy (non-hydrogen) atoms. The van der Waals surface area contributed by atoms with E-state index in [2.05, 4.69) is 15.4 Å². The molecule has 0 unspecified atom stereocenters. The van der Waals surface area contributed by atoms with Crippen molar-refractivity contribution in [2.45, 2.75) is 19.9 Å². The van der Waals surface area contributed by atoms with Crippen molar-refractivity contribution in [3.63, 3.8) is 0 Å². The van der Waals surface area contributed by atoms with Crippen LogP contribution in [0.5, 0.6) is 5.75 Å². The molecule has 0 saturated carbocycles. The minimum atomic E-state index is -0.756. The molecule has 144 valence electrons. The predicted molar refractivity (Wildman–Crippen MR) is 101 cm³/mol. The number of nitrogens with one attached hydrogen (secondary N) is 2. The van der Waals surface area contributed by atoms with Crippen LogP contribution in [0.25, 0.3) is 10.8 Å². The zero-order valence-electron chi connectivity index (χ0n) is 15.7. The molecule has 2 aromatic rings. The van der Waals surface area contributed by atoms with Crippen LogP contribution in [0.1, 0.15) is 13.8 Å². The van der Waals surface area contributed by atoms with Crippen LogP contribution in [0.3, 0.4) is 0 Å². The average molecular weight is 372 g/mol. The smallest absolute Gasteiger partial charge is 0.328 e. The molecule has 0 spiro atoms. The van der Waals surface area contributed by atoms with Crippen molar-refractivity contribution >= 4 is 28.6 Å². The number of carbonyl (C=O) groups is 3. The van der Waals surface area contributed by atoms with Crippen molar-refractivity contribution in [1.29, 1.82) is 0 Å². The highest BCUT2D eigenvalue weighted by Crippen LogP contribution is 2.20. The van der Waals surface area contributed by atoms with Gasteiger partial charge in [0.2, 0.25) is 5.91 Å². The number of fused-ring (bicyclic) bond motifs is 1. The fourth-order valence-electron chi connectivity index (χ4n) is 2.49.